The molecular formula is C63H100F6N6O26. The SMILES string of the molecule is CC1(C)O[C@@H]2[C@@H](NC(=O)C(F)(F)F)[C@@H]3OC[C@](COCCOCCOCCOCCNC(=O)CCOCC(COCCC(=O)NCCOCCOCCOCCOC[C@@]4(C)O[C@H](O)[C@H](NC(=O)C(F)(F)F)[C@H]5OC(C)(C)O[C@H]54)NC(=O)COCCOCCOCCNc4ccccc4)(O3)[C@@H]2O1. The van der Waals surface area contributed by atoms with Crippen molar-refractivity contribution in [1.82, 2.24) is 26.6 Å². The Morgan fingerprint density at radius 1 is 0.485 bits per heavy atom. The summed E-state index contributed by atoms with van der Waals surface area (Å²) in [4.78, 5) is 61.4. The van der Waals surface area contributed by atoms with Crippen LogP contribution in [0.5, 0.6) is 0 Å². The van der Waals surface area contributed by atoms with Crippen LogP contribution in [-0.4, -0.2) is 323 Å². The summed E-state index contributed by atoms with van der Waals surface area (Å²) in [6, 6.07) is 6.27. The fraction of sp³-hybridized carbons (Fsp3) is 0.825. The van der Waals surface area contributed by atoms with E-state index in [4.69, 9.17) is 94.7 Å². The molecule has 0 aliphatic carbocycles. The van der Waals surface area contributed by atoms with Crippen LogP contribution < -0.4 is 31.9 Å². The van der Waals surface area contributed by atoms with Gasteiger partial charge in [-0.1, -0.05) is 18.2 Å². The van der Waals surface area contributed by atoms with Crippen molar-refractivity contribution in [2.45, 2.75) is 138 Å². The summed E-state index contributed by atoms with van der Waals surface area (Å²) in [6.45, 7) is 13.0. The van der Waals surface area contributed by atoms with E-state index in [1.165, 1.54) is 0 Å². The summed E-state index contributed by atoms with van der Waals surface area (Å²) in [5.74, 6) is -7.86. The Hall–Kier alpha value is -4.89. The van der Waals surface area contributed by atoms with Gasteiger partial charge in [0.25, 0.3) is 0 Å². The molecule has 2 bridgehead atoms. The molecule has 5 saturated heterocycles. The highest BCUT2D eigenvalue weighted by atomic mass is 19.4. The average Bonchev–Trinajstić information content (AvgIpc) is 1.58. The van der Waals surface area contributed by atoms with Crippen molar-refractivity contribution >= 4 is 35.2 Å². The van der Waals surface area contributed by atoms with Crippen molar-refractivity contribution < 1.29 is 150 Å². The molecule has 0 aromatic heterocycles. The number of aliphatic hydroxyl groups excluding tert-OH is 1. The van der Waals surface area contributed by atoms with Crippen LogP contribution in [0.1, 0.15) is 47.5 Å². The fourth-order valence-electron chi connectivity index (χ4n) is 10.8. The van der Waals surface area contributed by atoms with E-state index in [1.807, 2.05) is 35.6 Å². The normalized spacial score (nSPS) is 25.3. The maximum Gasteiger partial charge on any atom is 0.471 e. The molecule has 11 atom stereocenters. The molecule has 1 aromatic carbocycles. The summed E-state index contributed by atoms with van der Waals surface area (Å²) in [5.41, 5.74) is -1.54. The third-order valence-electron chi connectivity index (χ3n) is 15.4. The van der Waals surface area contributed by atoms with Crippen molar-refractivity contribution in [2.24, 2.45) is 0 Å². The van der Waals surface area contributed by atoms with Gasteiger partial charge in [-0.05, 0) is 46.8 Å². The standard InChI is InChI=1S/C63H100F6N6O26/c1-58(2)96-50-48(74-56(80)62(64,65)66)54(79)100-60(5,52(50)98-58)40-93-35-32-88-29-27-85-24-22-83-19-14-71-45(76)11-16-90-37-44(73-47(78)39-92-34-31-87-26-21-82-18-13-70-43-9-7-6-8-10-43)38-91-17-12-46(77)72-15-20-84-23-25-86-28-30-89-33-36-94-41-61-42-95-55(101-61)49(75-57(81)63(67,68)69)51-53(61)99-59(3,4)97-51/h6-10,44,48-55,70,79H,11-42H2,1-5H3,(H,71,76)(H,72,77)(H,73,78)(H,74,80)(H,75,81)/t44?,48-,49-,50-,51-,52-,53-,54+,55-,60-,61+/m1/s1. The highest BCUT2D eigenvalue weighted by Crippen LogP contribution is 2.47. The number of benzene rings is 1. The predicted octanol–water partition coefficient (Wildman–Crippen LogP) is 0.179. The van der Waals surface area contributed by atoms with E-state index in [0.29, 0.717) is 26.4 Å². The molecule has 6 rings (SSSR count). The number of carbonyl (C=O) groups is 5. The van der Waals surface area contributed by atoms with Crippen LogP contribution in [0.2, 0.25) is 0 Å². The maximum absolute atomic E-state index is 13.1. The number of alkyl halides is 6. The lowest BCUT2D eigenvalue weighted by Gasteiger charge is -2.46. The molecule has 5 aliphatic rings. The number of fused-ring (bicyclic) bond motifs is 5. The number of hydrogen-bond donors (Lipinski definition) is 7. The Labute approximate surface area is 581 Å². The molecule has 1 unspecified atom stereocenters. The Bertz CT molecular complexity index is 2580. The number of hydrogen-bond acceptors (Lipinski definition) is 27. The molecular weight excluding hydrogens is 1370 g/mol. The zero-order valence-corrected chi connectivity index (χ0v) is 57.6. The predicted molar refractivity (Wildman–Crippen MR) is 335 cm³/mol. The molecule has 32 nitrogen and oxygen atoms in total. The zero-order chi connectivity index (χ0) is 73.2. The summed E-state index contributed by atoms with van der Waals surface area (Å²) < 4.78 is 192. The maximum atomic E-state index is 13.1. The van der Waals surface area contributed by atoms with Gasteiger partial charge in [-0.3, -0.25) is 24.0 Å². The van der Waals surface area contributed by atoms with Crippen molar-refractivity contribution in [3.8, 4) is 0 Å². The molecule has 5 heterocycles. The lowest BCUT2D eigenvalue weighted by molar-refractivity contribution is -0.280. The van der Waals surface area contributed by atoms with Crippen LogP contribution in [0.25, 0.3) is 0 Å². The van der Waals surface area contributed by atoms with Gasteiger partial charge in [0, 0.05) is 38.2 Å². The second kappa shape index (κ2) is 43.5. The summed E-state index contributed by atoms with van der Waals surface area (Å²) >= 11 is 0. The number of nitrogens with one attached hydrogen (secondary N) is 6. The minimum Gasteiger partial charge on any atom is -0.383 e. The van der Waals surface area contributed by atoms with Gasteiger partial charge in [-0.2, -0.15) is 26.3 Å². The highest BCUT2D eigenvalue weighted by molar-refractivity contribution is 5.82. The number of anilines is 1. The lowest BCUT2D eigenvalue weighted by Crippen LogP contribution is -2.68. The molecule has 0 saturated carbocycles. The summed E-state index contributed by atoms with van der Waals surface area (Å²) in [7, 11) is 0. The van der Waals surface area contributed by atoms with Crippen LogP contribution in [-0.2, 0) is 119 Å². The minimum absolute atomic E-state index is 0.0102. The van der Waals surface area contributed by atoms with Crippen molar-refractivity contribution in [1.29, 1.82) is 0 Å². The van der Waals surface area contributed by atoms with E-state index in [1.54, 1.807) is 39.9 Å². The molecule has 5 fully saturated rings. The van der Waals surface area contributed by atoms with Gasteiger partial charge >= 0.3 is 24.2 Å². The van der Waals surface area contributed by atoms with E-state index in [9.17, 15) is 55.4 Å². The molecule has 580 valence electrons. The Morgan fingerprint density at radius 3 is 1.41 bits per heavy atom. The molecule has 0 radical (unpaired) electrons. The number of amides is 5. The number of rotatable bonds is 53. The quantitative estimate of drug-likeness (QED) is 0.0338. The van der Waals surface area contributed by atoms with Crippen LogP contribution in [0.4, 0.5) is 32.0 Å². The van der Waals surface area contributed by atoms with Crippen LogP contribution >= 0.6 is 0 Å². The Balaban J connectivity index is 0.752. The second-order valence-corrected chi connectivity index (χ2v) is 24.7. The molecule has 7 N–H and O–H groups in total. The summed E-state index contributed by atoms with van der Waals surface area (Å²) in [6.07, 6.45) is -17.4. The second-order valence-electron chi connectivity index (χ2n) is 24.7. The monoisotopic (exact) mass is 1470 g/mol. The van der Waals surface area contributed by atoms with Crippen LogP contribution in [0.3, 0.4) is 0 Å². The van der Waals surface area contributed by atoms with Gasteiger partial charge in [-0.15, -0.1) is 0 Å². The largest absolute Gasteiger partial charge is 0.471 e. The zero-order valence-electron chi connectivity index (χ0n) is 57.6. The molecule has 1 aromatic rings. The Morgan fingerprint density at radius 2 is 0.911 bits per heavy atom. The minimum atomic E-state index is -5.19. The highest BCUT2D eigenvalue weighted by Gasteiger charge is 2.67. The first kappa shape index (κ1) is 85.0. The number of halogens is 6. The first-order valence-electron chi connectivity index (χ1n) is 33.4. The summed E-state index contributed by atoms with van der Waals surface area (Å²) in [5, 5.41) is 25.8. The first-order chi connectivity index (χ1) is 48.2. The van der Waals surface area contributed by atoms with E-state index in [-0.39, 0.29) is 196 Å². The molecule has 101 heavy (non-hydrogen) atoms. The number of carbonyl (C=O) groups excluding carboxylic acids is 5. The first-order valence-corrected chi connectivity index (χ1v) is 33.4. The lowest BCUT2D eigenvalue weighted by atomic mass is 9.87. The number of para-hydroxylation sites is 1. The van der Waals surface area contributed by atoms with E-state index in [0.717, 1.165) is 5.69 Å². The third-order valence-corrected chi connectivity index (χ3v) is 15.4. The number of aliphatic hydroxyl groups is 1. The van der Waals surface area contributed by atoms with Gasteiger partial charge in [0.2, 0.25) is 17.7 Å². The van der Waals surface area contributed by atoms with Gasteiger partial charge in [0.15, 0.2) is 24.2 Å². The van der Waals surface area contributed by atoms with Gasteiger partial charge in [-0.25, -0.2) is 0 Å². The van der Waals surface area contributed by atoms with Crippen LogP contribution in [0.15, 0.2) is 30.3 Å². The van der Waals surface area contributed by atoms with Gasteiger partial charge < -0.3 is 132 Å². The van der Waals surface area contributed by atoms with E-state index in [2.05, 4.69) is 21.3 Å². The van der Waals surface area contributed by atoms with Crippen molar-refractivity contribution in [2.75, 3.05) is 203 Å². The topological polar surface area (TPSA) is 362 Å². The van der Waals surface area contributed by atoms with E-state index < -0.39 is 108 Å². The molecule has 5 aliphatic heterocycles. The van der Waals surface area contributed by atoms with Gasteiger partial charge in [0.05, 0.1) is 178 Å². The third kappa shape index (κ3) is 31.0. The van der Waals surface area contributed by atoms with E-state index >= 15 is 0 Å². The van der Waals surface area contributed by atoms with Crippen molar-refractivity contribution in [3.05, 3.63) is 30.3 Å². The Kier molecular flexibility index (Phi) is 36.7. The molecule has 5 amide bonds. The van der Waals surface area contributed by atoms with Crippen LogP contribution in [0, 0.1) is 0 Å². The fourth-order valence-corrected chi connectivity index (χ4v) is 10.8. The average molecular weight is 1470 g/mol. The number of ether oxygens (including phenoxy) is 20. The van der Waals surface area contributed by atoms with Gasteiger partial charge in [0.1, 0.15) is 54.3 Å². The smallest absolute Gasteiger partial charge is 0.383 e. The van der Waals surface area contributed by atoms with Crippen molar-refractivity contribution in [3.63, 3.8) is 0 Å². The molecule has 38 heteroatoms. The molecule has 0 spiro atoms.